The summed E-state index contributed by atoms with van der Waals surface area (Å²) >= 11 is 12.4. The van der Waals surface area contributed by atoms with Gasteiger partial charge >= 0.3 is 0 Å². The van der Waals surface area contributed by atoms with Crippen LogP contribution in [0.1, 0.15) is 25.8 Å². The molecule has 1 aromatic rings. The van der Waals surface area contributed by atoms with E-state index in [4.69, 9.17) is 23.2 Å². The van der Waals surface area contributed by atoms with Crippen molar-refractivity contribution in [2.24, 2.45) is 5.92 Å². The van der Waals surface area contributed by atoms with Crippen molar-refractivity contribution in [1.82, 2.24) is 0 Å². The first-order valence-electron chi connectivity index (χ1n) is 5.91. The van der Waals surface area contributed by atoms with Crippen LogP contribution in [-0.4, -0.2) is 4.87 Å². The Morgan fingerprint density at radius 2 is 2.06 bits per heavy atom. The molecule has 96 valence electrons. The lowest BCUT2D eigenvalue weighted by Gasteiger charge is -2.12. The second kappa shape index (κ2) is 4.64. The van der Waals surface area contributed by atoms with Gasteiger partial charge in [-0.25, -0.2) is 0 Å². The molecule has 1 saturated carbocycles. The smallest absolute Gasteiger partial charge is 0.0508 e. The molecular formula is C15H17Cl2N. The average molecular weight is 282 g/mol. The highest BCUT2D eigenvalue weighted by atomic mass is 35.5. The van der Waals surface area contributed by atoms with Gasteiger partial charge in [-0.15, -0.1) is 11.6 Å². The highest BCUT2D eigenvalue weighted by Gasteiger charge is 2.50. The second-order valence-electron chi connectivity index (χ2n) is 5.16. The molecule has 1 aliphatic carbocycles. The monoisotopic (exact) mass is 281 g/mol. The van der Waals surface area contributed by atoms with Crippen LogP contribution in [-0.2, 0) is 0 Å². The highest BCUT2D eigenvalue weighted by Crippen LogP contribution is 2.52. The van der Waals surface area contributed by atoms with Crippen LogP contribution in [0.15, 0.2) is 37.1 Å². The SMILES string of the molecule is C=C(C)c1cc(NC(=C)C2CC2(C)Cl)ccc1Cl. The molecule has 0 bridgehead atoms. The summed E-state index contributed by atoms with van der Waals surface area (Å²) in [5, 5.41) is 4.02. The lowest BCUT2D eigenvalue weighted by Crippen LogP contribution is -2.05. The van der Waals surface area contributed by atoms with E-state index in [1.807, 2.05) is 32.0 Å². The Morgan fingerprint density at radius 1 is 1.44 bits per heavy atom. The Morgan fingerprint density at radius 3 is 2.56 bits per heavy atom. The summed E-state index contributed by atoms with van der Waals surface area (Å²) in [6.07, 6.45) is 0.974. The molecule has 1 aromatic carbocycles. The van der Waals surface area contributed by atoms with E-state index >= 15 is 0 Å². The van der Waals surface area contributed by atoms with E-state index in [-0.39, 0.29) is 4.87 Å². The van der Waals surface area contributed by atoms with Crippen LogP contribution < -0.4 is 5.32 Å². The van der Waals surface area contributed by atoms with E-state index in [0.717, 1.165) is 28.9 Å². The second-order valence-corrected chi connectivity index (χ2v) is 6.43. The number of alkyl halides is 1. The Labute approximate surface area is 118 Å². The van der Waals surface area contributed by atoms with Crippen LogP contribution in [0.5, 0.6) is 0 Å². The molecule has 2 rings (SSSR count). The predicted octanol–water partition coefficient (Wildman–Crippen LogP) is 5.32. The summed E-state index contributed by atoms with van der Waals surface area (Å²) in [4.78, 5) is -0.131. The maximum atomic E-state index is 6.24. The number of hydrogen-bond donors (Lipinski definition) is 1. The molecular weight excluding hydrogens is 265 g/mol. The maximum absolute atomic E-state index is 6.24. The lowest BCUT2D eigenvalue weighted by atomic mass is 10.1. The Hall–Kier alpha value is -0.920. The Balaban J connectivity index is 2.13. The van der Waals surface area contributed by atoms with Crippen molar-refractivity contribution >= 4 is 34.5 Å². The van der Waals surface area contributed by atoms with Crippen molar-refractivity contribution < 1.29 is 0 Å². The van der Waals surface area contributed by atoms with Gasteiger partial charge in [0.2, 0.25) is 0 Å². The summed E-state index contributed by atoms with van der Waals surface area (Å²) < 4.78 is 0. The van der Waals surface area contributed by atoms with Crippen LogP contribution in [0.25, 0.3) is 5.57 Å². The predicted molar refractivity (Wildman–Crippen MR) is 81.3 cm³/mol. The maximum Gasteiger partial charge on any atom is 0.0508 e. The summed E-state index contributed by atoms with van der Waals surface area (Å²) in [6, 6.07) is 5.80. The number of rotatable bonds is 4. The molecule has 0 heterocycles. The fraction of sp³-hybridized carbons (Fsp3) is 0.333. The van der Waals surface area contributed by atoms with Crippen LogP contribution in [0.4, 0.5) is 5.69 Å². The van der Waals surface area contributed by atoms with Crippen LogP contribution in [0, 0.1) is 5.92 Å². The first-order valence-corrected chi connectivity index (χ1v) is 6.67. The molecule has 1 nitrogen and oxygen atoms in total. The van der Waals surface area contributed by atoms with Gasteiger partial charge in [-0.2, -0.15) is 0 Å². The summed E-state index contributed by atoms with van der Waals surface area (Å²) in [5.74, 6) is 0.336. The first-order chi connectivity index (χ1) is 8.31. The van der Waals surface area contributed by atoms with E-state index in [9.17, 15) is 0 Å². The number of nitrogens with one attached hydrogen (secondary N) is 1. The molecule has 0 radical (unpaired) electrons. The van der Waals surface area contributed by atoms with Gasteiger partial charge in [0, 0.05) is 22.3 Å². The number of anilines is 1. The summed E-state index contributed by atoms with van der Waals surface area (Å²) in [6.45, 7) is 12.0. The fourth-order valence-electron chi connectivity index (χ4n) is 2.03. The molecule has 3 heteroatoms. The third-order valence-corrected chi connectivity index (χ3v) is 4.07. The fourth-order valence-corrected chi connectivity index (χ4v) is 2.59. The van der Waals surface area contributed by atoms with E-state index in [2.05, 4.69) is 18.5 Å². The Kier molecular flexibility index (Phi) is 3.48. The third kappa shape index (κ3) is 2.73. The summed E-state index contributed by atoms with van der Waals surface area (Å²) in [5.41, 5.74) is 3.84. The molecule has 2 atom stereocenters. The van der Waals surface area contributed by atoms with Gasteiger partial charge in [0.25, 0.3) is 0 Å². The van der Waals surface area contributed by atoms with Crippen LogP contribution in [0.3, 0.4) is 0 Å². The molecule has 0 aliphatic heterocycles. The number of halogens is 2. The van der Waals surface area contributed by atoms with Gasteiger partial charge in [0.15, 0.2) is 0 Å². The molecule has 18 heavy (non-hydrogen) atoms. The molecule has 1 fully saturated rings. The van der Waals surface area contributed by atoms with Gasteiger partial charge in [-0.05, 0) is 49.6 Å². The average Bonchev–Trinajstić information content (AvgIpc) is 2.90. The molecule has 0 spiro atoms. The minimum atomic E-state index is -0.131. The molecule has 0 saturated heterocycles. The quantitative estimate of drug-likeness (QED) is 0.737. The number of allylic oxidation sites excluding steroid dienone is 2. The van der Waals surface area contributed by atoms with Crippen molar-refractivity contribution in [1.29, 1.82) is 0 Å². The molecule has 2 unspecified atom stereocenters. The normalized spacial score (nSPS) is 25.7. The van der Waals surface area contributed by atoms with Crippen LogP contribution in [0.2, 0.25) is 5.02 Å². The zero-order valence-electron chi connectivity index (χ0n) is 10.7. The van der Waals surface area contributed by atoms with E-state index < -0.39 is 0 Å². The van der Waals surface area contributed by atoms with Crippen molar-refractivity contribution in [3.05, 3.63) is 47.6 Å². The highest BCUT2D eigenvalue weighted by molar-refractivity contribution is 6.32. The van der Waals surface area contributed by atoms with Gasteiger partial charge in [0.1, 0.15) is 0 Å². The largest absolute Gasteiger partial charge is 0.359 e. The van der Waals surface area contributed by atoms with E-state index in [0.29, 0.717) is 10.9 Å². The molecule has 0 amide bonds. The molecule has 1 aliphatic rings. The number of benzene rings is 1. The Bertz CT molecular complexity index is 517. The van der Waals surface area contributed by atoms with E-state index in [1.54, 1.807) is 0 Å². The third-order valence-electron chi connectivity index (χ3n) is 3.32. The standard InChI is InChI=1S/C15H17Cl2N/c1-9(2)12-7-11(5-6-14(12)16)18-10(3)13-8-15(13,4)17/h5-7,13,18H,1,3,8H2,2,4H3. The van der Waals surface area contributed by atoms with E-state index in [1.165, 1.54) is 0 Å². The van der Waals surface area contributed by atoms with Crippen molar-refractivity contribution in [3.8, 4) is 0 Å². The van der Waals surface area contributed by atoms with Gasteiger partial charge in [0.05, 0.1) is 4.87 Å². The van der Waals surface area contributed by atoms with Gasteiger partial charge < -0.3 is 5.32 Å². The minimum Gasteiger partial charge on any atom is -0.359 e. The van der Waals surface area contributed by atoms with Gasteiger partial charge in [-0.3, -0.25) is 0 Å². The number of hydrogen-bond acceptors (Lipinski definition) is 1. The van der Waals surface area contributed by atoms with Crippen molar-refractivity contribution in [2.45, 2.75) is 25.1 Å². The topological polar surface area (TPSA) is 12.0 Å². The zero-order chi connectivity index (χ0) is 13.5. The van der Waals surface area contributed by atoms with Crippen LogP contribution >= 0.6 is 23.2 Å². The molecule has 0 aromatic heterocycles. The summed E-state index contributed by atoms with van der Waals surface area (Å²) in [7, 11) is 0. The zero-order valence-corrected chi connectivity index (χ0v) is 12.2. The minimum absolute atomic E-state index is 0.131. The lowest BCUT2D eigenvalue weighted by molar-refractivity contribution is 0.899. The first kappa shape index (κ1) is 13.5. The van der Waals surface area contributed by atoms with Crippen molar-refractivity contribution in [2.75, 3.05) is 5.32 Å². The molecule has 1 N–H and O–H groups in total. The van der Waals surface area contributed by atoms with Crippen molar-refractivity contribution in [3.63, 3.8) is 0 Å². The van der Waals surface area contributed by atoms with Gasteiger partial charge in [-0.1, -0.05) is 24.8 Å².